The zero-order valence-corrected chi connectivity index (χ0v) is 10.3. The summed E-state index contributed by atoms with van der Waals surface area (Å²) in [6, 6.07) is 6.61. The second kappa shape index (κ2) is 6.06. The largest absolute Gasteiger partial charge is 0.422 e. The van der Waals surface area contributed by atoms with Crippen molar-refractivity contribution in [3.8, 4) is 5.75 Å². The first-order valence-corrected chi connectivity index (χ1v) is 5.24. The molecule has 0 heterocycles. The smallest absolute Gasteiger partial charge is 0.336 e. The lowest BCUT2D eigenvalue weighted by Crippen LogP contribution is -2.19. The van der Waals surface area contributed by atoms with Gasteiger partial charge in [0.25, 0.3) is 0 Å². The van der Waals surface area contributed by atoms with Crippen LogP contribution in [0.15, 0.2) is 36.4 Å². The van der Waals surface area contributed by atoms with Crippen LogP contribution in [0.2, 0.25) is 5.02 Å². The van der Waals surface area contributed by atoms with Gasteiger partial charge in [0.15, 0.2) is 0 Å². The average molecular weight is 254 g/mol. The van der Waals surface area contributed by atoms with Crippen LogP contribution in [0.4, 0.5) is 0 Å². The Kier molecular flexibility index (Phi) is 4.72. The summed E-state index contributed by atoms with van der Waals surface area (Å²) in [6.07, 6.45) is 2.20. The molecule has 0 saturated heterocycles. The molecule has 0 N–H and O–H groups in total. The maximum absolute atomic E-state index is 11.4. The molecule has 0 fully saturated rings. The predicted octanol–water partition coefficient (Wildman–Crippen LogP) is 1.89. The molecule has 0 spiro atoms. The van der Waals surface area contributed by atoms with Crippen molar-refractivity contribution in [1.29, 1.82) is 0 Å². The van der Waals surface area contributed by atoms with Crippen molar-refractivity contribution in [2.24, 2.45) is 0 Å². The topological polar surface area (TPSA) is 46.6 Å². The molecule has 4 nitrogen and oxygen atoms in total. The van der Waals surface area contributed by atoms with Gasteiger partial charge >= 0.3 is 5.97 Å². The molecule has 0 aromatic heterocycles. The highest BCUT2D eigenvalue weighted by Crippen LogP contribution is 2.23. The second-order valence-corrected chi connectivity index (χ2v) is 3.82. The van der Waals surface area contributed by atoms with E-state index in [1.165, 1.54) is 4.90 Å². The Morgan fingerprint density at radius 1 is 1.24 bits per heavy atom. The molecule has 90 valence electrons. The van der Waals surface area contributed by atoms with Crippen LogP contribution in [0.5, 0.6) is 5.75 Å². The number of benzene rings is 1. The third-order valence-electron chi connectivity index (χ3n) is 1.85. The maximum atomic E-state index is 11.4. The van der Waals surface area contributed by atoms with Crippen LogP contribution >= 0.6 is 11.6 Å². The van der Waals surface area contributed by atoms with E-state index in [0.717, 1.165) is 12.2 Å². The number of amides is 1. The van der Waals surface area contributed by atoms with Crippen molar-refractivity contribution in [3.05, 3.63) is 41.4 Å². The Hall–Kier alpha value is -1.81. The van der Waals surface area contributed by atoms with Crippen molar-refractivity contribution in [2.45, 2.75) is 0 Å². The van der Waals surface area contributed by atoms with E-state index < -0.39 is 5.97 Å². The molecule has 1 amide bonds. The van der Waals surface area contributed by atoms with E-state index in [2.05, 4.69) is 0 Å². The van der Waals surface area contributed by atoms with Gasteiger partial charge in [-0.3, -0.25) is 4.79 Å². The summed E-state index contributed by atoms with van der Waals surface area (Å²) in [7, 11) is 3.18. The van der Waals surface area contributed by atoms with Crippen LogP contribution in [0.25, 0.3) is 0 Å². The van der Waals surface area contributed by atoms with E-state index in [-0.39, 0.29) is 11.7 Å². The molecule has 17 heavy (non-hydrogen) atoms. The fourth-order valence-electron chi connectivity index (χ4n) is 0.958. The molecule has 1 aromatic rings. The summed E-state index contributed by atoms with van der Waals surface area (Å²) in [5.41, 5.74) is 0. The fourth-order valence-corrected chi connectivity index (χ4v) is 1.13. The molecular weight excluding hydrogens is 242 g/mol. The molecule has 0 atom stereocenters. The van der Waals surface area contributed by atoms with Crippen LogP contribution in [-0.2, 0) is 9.59 Å². The van der Waals surface area contributed by atoms with Crippen LogP contribution in [0.1, 0.15) is 0 Å². The quantitative estimate of drug-likeness (QED) is 0.470. The van der Waals surface area contributed by atoms with Gasteiger partial charge in [-0.2, -0.15) is 0 Å². The van der Waals surface area contributed by atoms with Crippen molar-refractivity contribution >= 4 is 23.5 Å². The first kappa shape index (κ1) is 13.3. The van der Waals surface area contributed by atoms with Gasteiger partial charge in [-0.05, 0) is 12.1 Å². The third-order valence-corrected chi connectivity index (χ3v) is 2.16. The first-order valence-electron chi connectivity index (χ1n) is 4.86. The van der Waals surface area contributed by atoms with Gasteiger partial charge in [0.2, 0.25) is 5.91 Å². The monoisotopic (exact) mass is 253 g/mol. The SMILES string of the molecule is CN(C)C(=O)/C=C/C(=O)Oc1ccccc1Cl. The Balaban J connectivity index is 2.62. The highest BCUT2D eigenvalue weighted by Gasteiger charge is 2.05. The molecule has 0 radical (unpaired) electrons. The van der Waals surface area contributed by atoms with E-state index in [9.17, 15) is 9.59 Å². The van der Waals surface area contributed by atoms with Crippen LogP contribution in [-0.4, -0.2) is 30.9 Å². The molecule has 0 aliphatic rings. The van der Waals surface area contributed by atoms with Crippen LogP contribution in [0.3, 0.4) is 0 Å². The molecule has 0 bridgehead atoms. The van der Waals surface area contributed by atoms with E-state index in [4.69, 9.17) is 16.3 Å². The third kappa shape index (κ3) is 4.28. The van der Waals surface area contributed by atoms with Gasteiger partial charge in [-0.15, -0.1) is 0 Å². The number of carbonyl (C=O) groups excluding carboxylic acids is 2. The Bertz CT molecular complexity index is 455. The highest BCUT2D eigenvalue weighted by molar-refractivity contribution is 6.32. The zero-order valence-electron chi connectivity index (χ0n) is 9.51. The molecule has 0 saturated carbocycles. The van der Waals surface area contributed by atoms with Crippen molar-refractivity contribution in [1.82, 2.24) is 4.90 Å². The summed E-state index contributed by atoms with van der Waals surface area (Å²) in [5.74, 6) is -0.671. The number of hydrogen-bond donors (Lipinski definition) is 0. The molecule has 0 aliphatic carbocycles. The van der Waals surface area contributed by atoms with E-state index in [1.807, 2.05) is 0 Å². The van der Waals surface area contributed by atoms with Crippen LogP contribution in [0, 0.1) is 0 Å². The minimum absolute atomic E-state index is 0.265. The summed E-state index contributed by atoms with van der Waals surface area (Å²) in [4.78, 5) is 23.9. The van der Waals surface area contributed by atoms with Gasteiger partial charge in [0.05, 0.1) is 5.02 Å². The number of hydrogen-bond acceptors (Lipinski definition) is 3. The lowest BCUT2D eigenvalue weighted by Gasteiger charge is -2.05. The highest BCUT2D eigenvalue weighted by atomic mass is 35.5. The van der Waals surface area contributed by atoms with Gasteiger partial charge in [-0.1, -0.05) is 23.7 Å². The van der Waals surface area contributed by atoms with E-state index >= 15 is 0 Å². The number of nitrogens with zero attached hydrogens (tertiary/aromatic N) is 1. The van der Waals surface area contributed by atoms with Gasteiger partial charge in [-0.25, -0.2) is 4.79 Å². The molecule has 1 aromatic carbocycles. The standard InChI is InChI=1S/C12H12ClNO3/c1-14(2)11(15)7-8-12(16)17-10-6-4-3-5-9(10)13/h3-8H,1-2H3/b8-7+. The number of carbonyl (C=O) groups is 2. The Morgan fingerprint density at radius 2 is 1.88 bits per heavy atom. The van der Waals surface area contributed by atoms with Gasteiger partial charge in [0.1, 0.15) is 5.75 Å². The summed E-state index contributed by atoms with van der Waals surface area (Å²) >= 11 is 5.80. The van der Waals surface area contributed by atoms with E-state index in [1.54, 1.807) is 38.4 Å². The summed E-state index contributed by atoms with van der Waals surface area (Å²) in [5, 5.41) is 0.341. The average Bonchev–Trinajstić information content (AvgIpc) is 2.29. The van der Waals surface area contributed by atoms with Crippen molar-refractivity contribution in [3.63, 3.8) is 0 Å². The number of rotatable bonds is 3. The Labute approximate surface area is 104 Å². The molecule has 0 unspecified atom stereocenters. The molecule has 0 aliphatic heterocycles. The normalized spacial score (nSPS) is 10.3. The predicted molar refractivity (Wildman–Crippen MR) is 64.9 cm³/mol. The first-order chi connectivity index (χ1) is 8.00. The summed E-state index contributed by atoms with van der Waals surface area (Å²) < 4.78 is 4.95. The van der Waals surface area contributed by atoms with Crippen LogP contribution < -0.4 is 4.74 Å². The summed E-state index contributed by atoms with van der Waals surface area (Å²) in [6.45, 7) is 0. The maximum Gasteiger partial charge on any atom is 0.336 e. The van der Waals surface area contributed by atoms with E-state index in [0.29, 0.717) is 5.02 Å². The van der Waals surface area contributed by atoms with Crippen molar-refractivity contribution in [2.75, 3.05) is 14.1 Å². The number of likely N-dealkylation sites (N-methyl/N-ethyl adjacent to an activating group) is 1. The number of esters is 1. The zero-order chi connectivity index (χ0) is 12.8. The molecule has 5 heteroatoms. The van der Waals surface area contributed by atoms with Crippen molar-refractivity contribution < 1.29 is 14.3 Å². The number of halogens is 1. The number of ether oxygens (including phenoxy) is 1. The lowest BCUT2D eigenvalue weighted by atomic mass is 10.3. The lowest BCUT2D eigenvalue weighted by molar-refractivity contribution is -0.129. The fraction of sp³-hybridized carbons (Fsp3) is 0.167. The van der Waals surface area contributed by atoms with Gasteiger partial charge < -0.3 is 9.64 Å². The molecule has 1 rings (SSSR count). The Morgan fingerprint density at radius 3 is 2.47 bits per heavy atom. The minimum Gasteiger partial charge on any atom is -0.422 e. The molecular formula is C12H12ClNO3. The number of para-hydroxylation sites is 1. The van der Waals surface area contributed by atoms with Gasteiger partial charge in [0, 0.05) is 26.2 Å². The minimum atomic E-state index is -0.645. The second-order valence-electron chi connectivity index (χ2n) is 3.42.